The first-order valence-corrected chi connectivity index (χ1v) is 13.2. The number of carbonyl (C=O) groups is 1. The summed E-state index contributed by atoms with van der Waals surface area (Å²) in [6.45, 7) is 2.80. The number of hydrogen-bond acceptors (Lipinski definition) is 7. The van der Waals surface area contributed by atoms with E-state index in [1.54, 1.807) is 6.07 Å². The van der Waals surface area contributed by atoms with Crippen molar-refractivity contribution in [1.82, 2.24) is 4.72 Å². The Kier molecular flexibility index (Phi) is 6.26. The number of aliphatic hydroxyl groups excluding tert-OH is 1. The number of sulfonamides is 1. The van der Waals surface area contributed by atoms with Crippen LogP contribution in [0, 0.1) is 17.2 Å². The van der Waals surface area contributed by atoms with Gasteiger partial charge in [0, 0.05) is 10.6 Å². The molecule has 4 rings (SSSR count). The van der Waals surface area contributed by atoms with Gasteiger partial charge in [-0.1, -0.05) is 19.1 Å². The van der Waals surface area contributed by atoms with Crippen LogP contribution in [0.1, 0.15) is 66.2 Å². The van der Waals surface area contributed by atoms with Crippen LogP contribution in [0.15, 0.2) is 22.4 Å². The lowest BCUT2D eigenvalue weighted by Gasteiger charge is -2.20. The van der Waals surface area contributed by atoms with Gasteiger partial charge in [0.05, 0.1) is 12.2 Å². The third-order valence-corrected chi connectivity index (χ3v) is 9.75. The third-order valence-electron chi connectivity index (χ3n) is 6.50. The summed E-state index contributed by atoms with van der Waals surface area (Å²) in [6, 6.07) is 6.25. The predicted octanol–water partition coefficient (Wildman–Crippen LogP) is 3.33. The lowest BCUT2D eigenvalue weighted by molar-refractivity contribution is 0.000780. The summed E-state index contributed by atoms with van der Waals surface area (Å²) in [6.07, 6.45) is 5.03. The average Bonchev–Trinajstić information content (AvgIpc) is 3.32. The summed E-state index contributed by atoms with van der Waals surface area (Å²) in [5.74, 6) is 0.826. The number of urea groups is 1. The quantitative estimate of drug-likeness (QED) is 0.470. The van der Waals surface area contributed by atoms with Gasteiger partial charge in [0.1, 0.15) is 11.7 Å². The number of carbonyl (C=O) groups excluding carboxylic acids is 1. The lowest BCUT2D eigenvalue weighted by atomic mass is 9.91. The van der Waals surface area contributed by atoms with Gasteiger partial charge in [0.25, 0.3) is 10.0 Å². The molecule has 1 aromatic carbocycles. The standard InChI is InChI=1S/C23H27N3O5S2/c1-13(14-6-7-14)17-9-8-15-4-3-5-18(15)20(17)25-22(28)26-33(30,31)21-16(11-24)10-19(32-21)23(2,29)12-27/h8-10,13-14,27,29H,3-7,12H2,1-2H3,(H2,25,26,28)/t13-,23?/m1/s1. The second-order valence-electron chi connectivity index (χ2n) is 9.06. The number of fused-ring (bicyclic) bond motifs is 1. The van der Waals surface area contributed by atoms with E-state index in [9.17, 15) is 28.7 Å². The first kappa shape index (κ1) is 23.7. The molecule has 1 aromatic heterocycles. The number of benzene rings is 1. The van der Waals surface area contributed by atoms with Crippen LogP contribution >= 0.6 is 11.3 Å². The maximum absolute atomic E-state index is 13.0. The zero-order chi connectivity index (χ0) is 24.0. The van der Waals surface area contributed by atoms with E-state index in [0.29, 0.717) is 22.9 Å². The number of aryl methyl sites for hydroxylation is 1. The number of thiophene rings is 1. The van der Waals surface area contributed by atoms with Crippen LogP contribution in [-0.4, -0.2) is 31.3 Å². The molecular weight excluding hydrogens is 462 g/mol. The van der Waals surface area contributed by atoms with Crippen LogP contribution in [0.25, 0.3) is 0 Å². The van der Waals surface area contributed by atoms with E-state index >= 15 is 0 Å². The molecule has 1 saturated carbocycles. The fraction of sp³-hybridized carbons (Fsp3) is 0.478. The number of hydrogen-bond donors (Lipinski definition) is 4. The fourth-order valence-electron chi connectivity index (χ4n) is 4.36. The average molecular weight is 490 g/mol. The van der Waals surface area contributed by atoms with Gasteiger partial charge in [-0.15, -0.1) is 11.3 Å². The van der Waals surface area contributed by atoms with Crippen LogP contribution in [0.4, 0.5) is 10.5 Å². The molecule has 2 aliphatic rings. The highest BCUT2D eigenvalue weighted by atomic mass is 32.2. The van der Waals surface area contributed by atoms with Crippen molar-refractivity contribution in [2.45, 2.75) is 61.7 Å². The lowest BCUT2D eigenvalue weighted by Crippen LogP contribution is -2.35. The molecule has 2 aromatic rings. The van der Waals surface area contributed by atoms with E-state index in [1.165, 1.54) is 18.6 Å². The molecule has 8 nitrogen and oxygen atoms in total. The summed E-state index contributed by atoms with van der Waals surface area (Å²) >= 11 is 0.648. The van der Waals surface area contributed by atoms with Crippen LogP contribution in [0.5, 0.6) is 0 Å². The zero-order valence-corrected chi connectivity index (χ0v) is 20.1. The van der Waals surface area contributed by atoms with E-state index in [4.69, 9.17) is 0 Å². The van der Waals surface area contributed by atoms with Crippen molar-refractivity contribution in [2.75, 3.05) is 11.9 Å². The number of nitrogens with one attached hydrogen (secondary N) is 2. The minimum atomic E-state index is -4.38. The Hall–Kier alpha value is -2.45. The summed E-state index contributed by atoms with van der Waals surface area (Å²) < 4.78 is 27.5. The summed E-state index contributed by atoms with van der Waals surface area (Å²) in [5.41, 5.74) is 2.02. The van der Waals surface area contributed by atoms with Crippen LogP contribution in [0.2, 0.25) is 0 Å². The Labute approximate surface area is 197 Å². The van der Waals surface area contributed by atoms with Gasteiger partial charge in [-0.3, -0.25) is 0 Å². The molecule has 0 bridgehead atoms. The van der Waals surface area contributed by atoms with Gasteiger partial charge in [-0.05, 0) is 73.6 Å². The second-order valence-corrected chi connectivity index (χ2v) is 12.0. The van der Waals surface area contributed by atoms with E-state index in [1.807, 2.05) is 10.8 Å². The van der Waals surface area contributed by atoms with Crippen molar-refractivity contribution in [3.8, 4) is 6.07 Å². The molecule has 1 fully saturated rings. The Bertz CT molecular complexity index is 1240. The molecule has 2 amide bonds. The molecule has 0 saturated heterocycles. The minimum Gasteiger partial charge on any atom is -0.393 e. The van der Waals surface area contributed by atoms with Crippen molar-refractivity contribution in [3.63, 3.8) is 0 Å². The van der Waals surface area contributed by atoms with Gasteiger partial charge < -0.3 is 15.5 Å². The maximum Gasteiger partial charge on any atom is 0.333 e. The molecule has 4 N–H and O–H groups in total. The van der Waals surface area contributed by atoms with Gasteiger partial charge in [0.15, 0.2) is 4.21 Å². The third kappa shape index (κ3) is 4.64. The van der Waals surface area contributed by atoms with Crippen LogP contribution in [-0.2, 0) is 28.5 Å². The molecule has 2 aliphatic carbocycles. The molecule has 33 heavy (non-hydrogen) atoms. The molecule has 0 aliphatic heterocycles. The second kappa shape index (κ2) is 8.72. The highest BCUT2D eigenvalue weighted by Gasteiger charge is 2.34. The van der Waals surface area contributed by atoms with Crippen molar-refractivity contribution < 1.29 is 23.4 Å². The number of aliphatic hydroxyl groups is 2. The van der Waals surface area contributed by atoms with E-state index in [-0.39, 0.29) is 20.6 Å². The largest absolute Gasteiger partial charge is 0.393 e. The Morgan fingerprint density at radius 3 is 2.73 bits per heavy atom. The monoisotopic (exact) mass is 489 g/mol. The first-order chi connectivity index (χ1) is 15.6. The Morgan fingerprint density at radius 2 is 2.09 bits per heavy atom. The summed E-state index contributed by atoms with van der Waals surface area (Å²) in [5, 5.41) is 31.8. The topological polar surface area (TPSA) is 140 Å². The Morgan fingerprint density at radius 1 is 1.36 bits per heavy atom. The predicted molar refractivity (Wildman–Crippen MR) is 125 cm³/mol. The molecule has 1 heterocycles. The SMILES string of the molecule is C[C@@H](c1ccc2c(c1NC(=O)NS(=O)(=O)c1sc(C(C)(O)CO)cc1C#N)CCC2)C1CC1. The number of nitrogens with zero attached hydrogens (tertiary/aromatic N) is 1. The summed E-state index contributed by atoms with van der Waals surface area (Å²) in [7, 11) is -4.38. The number of anilines is 1. The number of nitriles is 1. The highest BCUT2D eigenvalue weighted by molar-refractivity contribution is 7.92. The highest BCUT2D eigenvalue weighted by Crippen LogP contribution is 2.46. The van der Waals surface area contributed by atoms with Gasteiger partial charge >= 0.3 is 6.03 Å². The normalized spacial score (nSPS) is 18.2. The maximum atomic E-state index is 13.0. The molecule has 0 spiro atoms. The van der Waals surface area contributed by atoms with Crippen LogP contribution < -0.4 is 10.0 Å². The smallest absolute Gasteiger partial charge is 0.333 e. The van der Waals surface area contributed by atoms with Crippen LogP contribution in [0.3, 0.4) is 0 Å². The molecule has 1 unspecified atom stereocenters. The number of amides is 2. The molecular formula is C23H27N3O5S2. The molecule has 0 radical (unpaired) electrons. The zero-order valence-electron chi connectivity index (χ0n) is 18.5. The number of rotatable bonds is 7. The fourth-order valence-corrected chi connectivity index (χ4v) is 6.85. The van der Waals surface area contributed by atoms with Gasteiger partial charge in [0.2, 0.25) is 0 Å². The van der Waals surface area contributed by atoms with Crippen molar-refractivity contribution >= 4 is 33.1 Å². The van der Waals surface area contributed by atoms with Crippen molar-refractivity contribution in [1.29, 1.82) is 5.26 Å². The van der Waals surface area contributed by atoms with Crippen molar-refractivity contribution in [2.24, 2.45) is 5.92 Å². The van der Waals surface area contributed by atoms with E-state index in [2.05, 4.69) is 18.3 Å². The van der Waals surface area contributed by atoms with Crippen molar-refractivity contribution in [3.05, 3.63) is 45.3 Å². The van der Waals surface area contributed by atoms with Gasteiger partial charge in [-0.25, -0.2) is 17.9 Å². The minimum absolute atomic E-state index is 0.115. The van der Waals surface area contributed by atoms with Gasteiger partial charge in [-0.2, -0.15) is 5.26 Å². The Balaban J connectivity index is 1.61. The molecule has 2 atom stereocenters. The molecule has 176 valence electrons. The molecule has 10 heteroatoms. The van der Waals surface area contributed by atoms with E-state index in [0.717, 1.165) is 43.2 Å². The summed E-state index contributed by atoms with van der Waals surface area (Å²) in [4.78, 5) is 13.0. The van der Waals surface area contributed by atoms with E-state index < -0.39 is 28.3 Å². The first-order valence-electron chi connectivity index (χ1n) is 10.9.